The SMILES string of the molecule is CC(Nc1ccc(OCc2ccccc2Cl)cc1)C(=O)NC(N)=O. The zero-order valence-electron chi connectivity index (χ0n) is 13.1. The molecule has 24 heavy (non-hydrogen) atoms. The summed E-state index contributed by atoms with van der Waals surface area (Å²) in [6.07, 6.45) is 0. The van der Waals surface area contributed by atoms with Crippen LogP contribution in [0.2, 0.25) is 5.02 Å². The number of rotatable bonds is 6. The Bertz CT molecular complexity index is 719. The van der Waals surface area contributed by atoms with Gasteiger partial charge in [-0.25, -0.2) is 4.79 Å². The van der Waals surface area contributed by atoms with Crippen molar-refractivity contribution in [1.29, 1.82) is 0 Å². The molecule has 0 aliphatic heterocycles. The Morgan fingerprint density at radius 3 is 2.46 bits per heavy atom. The summed E-state index contributed by atoms with van der Waals surface area (Å²) in [5, 5.41) is 5.64. The van der Waals surface area contributed by atoms with Gasteiger partial charge in [-0.3, -0.25) is 10.1 Å². The number of carbonyl (C=O) groups is 2. The first kappa shape index (κ1) is 17.6. The van der Waals surface area contributed by atoms with E-state index in [2.05, 4.69) is 5.32 Å². The maximum atomic E-state index is 11.6. The predicted octanol–water partition coefficient (Wildman–Crippen LogP) is 2.91. The molecule has 4 N–H and O–H groups in total. The summed E-state index contributed by atoms with van der Waals surface area (Å²) < 4.78 is 5.68. The monoisotopic (exact) mass is 347 g/mol. The third-order valence-electron chi connectivity index (χ3n) is 3.23. The Hall–Kier alpha value is -2.73. The van der Waals surface area contributed by atoms with E-state index in [-0.39, 0.29) is 0 Å². The topological polar surface area (TPSA) is 93.4 Å². The van der Waals surface area contributed by atoms with Crippen LogP contribution in [0.15, 0.2) is 48.5 Å². The summed E-state index contributed by atoms with van der Waals surface area (Å²) >= 11 is 6.08. The van der Waals surface area contributed by atoms with Crippen LogP contribution in [0.3, 0.4) is 0 Å². The molecule has 2 rings (SSSR count). The van der Waals surface area contributed by atoms with E-state index in [4.69, 9.17) is 22.1 Å². The lowest BCUT2D eigenvalue weighted by Gasteiger charge is -2.14. The number of imide groups is 1. The zero-order valence-corrected chi connectivity index (χ0v) is 13.8. The van der Waals surface area contributed by atoms with Crippen LogP contribution in [0, 0.1) is 0 Å². The van der Waals surface area contributed by atoms with E-state index in [0.29, 0.717) is 23.1 Å². The molecule has 1 atom stereocenters. The van der Waals surface area contributed by atoms with Gasteiger partial charge in [0.25, 0.3) is 0 Å². The Kier molecular flexibility index (Phi) is 6.03. The number of nitrogens with two attached hydrogens (primary N) is 1. The number of anilines is 1. The molecule has 0 spiro atoms. The Morgan fingerprint density at radius 1 is 1.17 bits per heavy atom. The number of urea groups is 1. The lowest BCUT2D eigenvalue weighted by Crippen LogP contribution is -2.43. The van der Waals surface area contributed by atoms with Crippen LogP contribution in [0.1, 0.15) is 12.5 Å². The molecule has 3 amide bonds. The normalized spacial score (nSPS) is 11.4. The number of amides is 3. The van der Waals surface area contributed by atoms with Gasteiger partial charge in [-0.1, -0.05) is 29.8 Å². The molecule has 7 heteroatoms. The van der Waals surface area contributed by atoms with Gasteiger partial charge in [0.1, 0.15) is 18.4 Å². The molecule has 1 unspecified atom stereocenters. The van der Waals surface area contributed by atoms with Gasteiger partial charge < -0.3 is 15.8 Å². The van der Waals surface area contributed by atoms with E-state index in [1.54, 1.807) is 31.2 Å². The quantitative estimate of drug-likeness (QED) is 0.749. The average Bonchev–Trinajstić information content (AvgIpc) is 2.55. The van der Waals surface area contributed by atoms with E-state index < -0.39 is 18.0 Å². The molecule has 0 aromatic heterocycles. The lowest BCUT2D eigenvalue weighted by atomic mass is 10.2. The molecule has 0 heterocycles. The summed E-state index contributed by atoms with van der Waals surface area (Å²) in [5.74, 6) is 0.177. The Morgan fingerprint density at radius 2 is 1.83 bits per heavy atom. The number of carbonyl (C=O) groups excluding carboxylic acids is 2. The van der Waals surface area contributed by atoms with Gasteiger partial charge in [-0.2, -0.15) is 0 Å². The van der Waals surface area contributed by atoms with Crippen molar-refractivity contribution >= 4 is 29.2 Å². The number of ether oxygens (including phenoxy) is 1. The number of hydrogen-bond donors (Lipinski definition) is 3. The number of halogens is 1. The van der Waals surface area contributed by atoms with E-state index in [1.165, 1.54) is 0 Å². The molecule has 0 radical (unpaired) electrons. The summed E-state index contributed by atoms with van der Waals surface area (Å²) in [7, 11) is 0. The largest absolute Gasteiger partial charge is 0.489 e. The van der Waals surface area contributed by atoms with Gasteiger partial charge in [0.15, 0.2) is 0 Å². The average molecular weight is 348 g/mol. The molecule has 0 saturated heterocycles. The Labute approximate surface area is 144 Å². The maximum Gasteiger partial charge on any atom is 0.318 e. The zero-order chi connectivity index (χ0) is 17.5. The first-order valence-corrected chi connectivity index (χ1v) is 7.66. The van der Waals surface area contributed by atoms with Crippen LogP contribution in [0.4, 0.5) is 10.5 Å². The van der Waals surface area contributed by atoms with Crippen molar-refractivity contribution in [1.82, 2.24) is 5.32 Å². The van der Waals surface area contributed by atoms with Crippen LogP contribution in [-0.4, -0.2) is 18.0 Å². The third kappa shape index (κ3) is 5.17. The molecular weight excluding hydrogens is 330 g/mol. The van der Waals surface area contributed by atoms with Gasteiger partial charge >= 0.3 is 6.03 Å². The van der Waals surface area contributed by atoms with Crippen molar-refractivity contribution < 1.29 is 14.3 Å². The highest BCUT2D eigenvalue weighted by atomic mass is 35.5. The lowest BCUT2D eigenvalue weighted by molar-refractivity contribution is -0.120. The number of hydrogen-bond acceptors (Lipinski definition) is 4. The molecule has 0 aliphatic carbocycles. The summed E-state index contributed by atoms with van der Waals surface area (Å²) in [6, 6.07) is 13.1. The number of nitrogens with one attached hydrogen (secondary N) is 2. The van der Waals surface area contributed by atoms with Crippen LogP contribution < -0.4 is 21.1 Å². The Balaban J connectivity index is 1.90. The van der Waals surface area contributed by atoms with Crippen LogP contribution in [0.25, 0.3) is 0 Å². The van der Waals surface area contributed by atoms with Crippen LogP contribution >= 0.6 is 11.6 Å². The molecule has 2 aromatic carbocycles. The summed E-state index contributed by atoms with van der Waals surface area (Å²) in [6.45, 7) is 1.99. The first-order chi connectivity index (χ1) is 11.5. The van der Waals surface area contributed by atoms with Crippen molar-refractivity contribution in [2.24, 2.45) is 5.73 Å². The molecule has 0 fully saturated rings. The second-order valence-corrected chi connectivity index (χ2v) is 5.53. The summed E-state index contributed by atoms with van der Waals surface area (Å²) in [4.78, 5) is 22.3. The minimum absolute atomic E-state index is 0.365. The molecule has 2 aromatic rings. The fourth-order valence-electron chi connectivity index (χ4n) is 1.97. The minimum Gasteiger partial charge on any atom is -0.489 e. The highest BCUT2D eigenvalue weighted by Crippen LogP contribution is 2.20. The fraction of sp³-hybridized carbons (Fsp3) is 0.176. The van der Waals surface area contributed by atoms with E-state index in [1.807, 2.05) is 29.6 Å². The van der Waals surface area contributed by atoms with Gasteiger partial charge in [-0.15, -0.1) is 0 Å². The minimum atomic E-state index is -0.878. The standard InChI is InChI=1S/C17H18ClN3O3/c1-11(16(22)21-17(19)23)20-13-6-8-14(9-7-13)24-10-12-4-2-3-5-15(12)18/h2-9,11,20H,10H2,1H3,(H3,19,21,22,23). The van der Waals surface area contributed by atoms with Crippen molar-refractivity contribution in [3.63, 3.8) is 0 Å². The highest BCUT2D eigenvalue weighted by Gasteiger charge is 2.13. The molecular formula is C17H18ClN3O3. The molecule has 0 bridgehead atoms. The van der Waals surface area contributed by atoms with Crippen molar-refractivity contribution in [3.05, 3.63) is 59.1 Å². The maximum absolute atomic E-state index is 11.6. The second-order valence-electron chi connectivity index (χ2n) is 5.12. The molecule has 6 nitrogen and oxygen atoms in total. The second kappa shape index (κ2) is 8.21. The molecule has 0 saturated carbocycles. The van der Waals surface area contributed by atoms with Crippen LogP contribution in [-0.2, 0) is 11.4 Å². The number of benzene rings is 2. The highest BCUT2D eigenvalue weighted by molar-refractivity contribution is 6.31. The smallest absolute Gasteiger partial charge is 0.318 e. The predicted molar refractivity (Wildman–Crippen MR) is 93.0 cm³/mol. The number of primary amides is 1. The van der Waals surface area contributed by atoms with Gasteiger partial charge in [0.05, 0.1) is 0 Å². The molecule has 126 valence electrons. The fourth-order valence-corrected chi connectivity index (χ4v) is 2.16. The van der Waals surface area contributed by atoms with Gasteiger partial charge in [-0.05, 0) is 37.3 Å². The first-order valence-electron chi connectivity index (χ1n) is 7.29. The third-order valence-corrected chi connectivity index (χ3v) is 3.60. The van der Waals surface area contributed by atoms with Crippen LogP contribution in [0.5, 0.6) is 5.75 Å². The molecule has 0 aliphatic rings. The van der Waals surface area contributed by atoms with E-state index in [9.17, 15) is 9.59 Å². The van der Waals surface area contributed by atoms with Crippen molar-refractivity contribution in [2.75, 3.05) is 5.32 Å². The van der Waals surface area contributed by atoms with E-state index in [0.717, 1.165) is 5.56 Å². The van der Waals surface area contributed by atoms with Gasteiger partial charge in [0.2, 0.25) is 5.91 Å². The van der Waals surface area contributed by atoms with Gasteiger partial charge in [0, 0.05) is 16.3 Å². The summed E-state index contributed by atoms with van der Waals surface area (Å²) in [5.41, 5.74) is 6.53. The van der Waals surface area contributed by atoms with Crippen molar-refractivity contribution in [3.8, 4) is 5.75 Å². The van der Waals surface area contributed by atoms with E-state index >= 15 is 0 Å². The van der Waals surface area contributed by atoms with Crippen molar-refractivity contribution in [2.45, 2.75) is 19.6 Å².